The molecule has 0 unspecified atom stereocenters. The van der Waals surface area contributed by atoms with E-state index in [1.807, 2.05) is 0 Å². The Morgan fingerprint density at radius 3 is 2.64 bits per heavy atom. The van der Waals surface area contributed by atoms with E-state index in [0.29, 0.717) is 38.4 Å². The third-order valence-electron chi connectivity index (χ3n) is 5.00. The number of nitrogens with zero attached hydrogens (tertiary/aromatic N) is 3. The molecule has 0 aliphatic rings. The van der Waals surface area contributed by atoms with Crippen LogP contribution in [0.5, 0.6) is 5.75 Å². The summed E-state index contributed by atoms with van der Waals surface area (Å²) in [5.41, 5.74) is 1.59. The van der Waals surface area contributed by atoms with Crippen molar-refractivity contribution < 1.29 is 18.4 Å². The van der Waals surface area contributed by atoms with Gasteiger partial charge >= 0.3 is 0 Å². The second-order valence-electron chi connectivity index (χ2n) is 7.27. The molecule has 0 fully saturated rings. The van der Waals surface area contributed by atoms with Crippen molar-refractivity contribution in [3.63, 3.8) is 0 Å². The van der Waals surface area contributed by atoms with Crippen molar-refractivity contribution in [2.45, 2.75) is 27.0 Å². The Bertz CT molecular complexity index is 1300. The van der Waals surface area contributed by atoms with Crippen LogP contribution >= 0.6 is 23.2 Å². The molecule has 0 aliphatic heterocycles. The number of rotatable bonds is 7. The fourth-order valence-corrected chi connectivity index (χ4v) is 3.60. The molecule has 4 aromatic rings. The minimum absolute atomic E-state index is 0.0427. The number of para-hydroxylation sites is 1. The predicted molar refractivity (Wildman–Crippen MR) is 122 cm³/mol. The van der Waals surface area contributed by atoms with Crippen molar-refractivity contribution in [1.29, 1.82) is 0 Å². The summed E-state index contributed by atoms with van der Waals surface area (Å²) in [7, 11) is 0. The lowest BCUT2D eigenvalue weighted by Gasteiger charge is -2.08. The summed E-state index contributed by atoms with van der Waals surface area (Å²) < 4.78 is 26.6. The molecule has 2 heterocycles. The number of aryl methyl sites for hydroxylation is 2. The van der Waals surface area contributed by atoms with E-state index in [1.54, 1.807) is 54.9 Å². The van der Waals surface area contributed by atoms with Crippen LogP contribution in [0.4, 0.5) is 10.2 Å². The number of ether oxygens (including phenoxy) is 1. The van der Waals surface area contributed by atoms with E-state index >= 15 is 0 Å². The van der Waals surface area contributed by atoms with Crippen LogP contribution in [0, 0.1) is 19.7 Å². The lowest BCUT2D eigenvalue weighted by molar-refractivity contribution is 0.101. The van der Waals surface area contributed by atoms with Crippen LogP contribution in [-0.4, -0.2) is 20.8 Å². The number of nitrogens with one attached hydrogen (secondary N) is 1. The first kappa shape index (κ1) is 22.8. The van der Waals surface area contributed by atoms with Crippen LogP contribution in [0.1, 0.15) is 33.1 Å². The van der Waals surface area contributed by atoms with E-state index in [1.165, 1.54) is 12.1 Å². The predicted octanol–water partition coefficient (Wildman–Crippen LogP) is 5.81. The summed E-state index contributed by atoms with van der Waals surface area (Å²) in [6.07, 6.45) is 0. The van der Waals surface area contributed by atoms with Crippen LogP contribution in [0.25, 0.3) is 0 Å². The highest BCUT2D eigenvalue weighted by molar-refractivity contribution is 6.32. The van der Waals surface area contributed by atoms with Gasteiger partial charge in [0.15, 0.2) is 11.5 Å². The molecule has 0 spiro atoms. The van der Waals surface area contributed by atoms with E-state index in [2.05, 4.69) is 15.6 Å². The Kier molecular flexibility index (Phi) is 6.67. The molecule has 2 aromatic carbocycles. The second-order valence-corrected chi connectivity index (χ2v) is 8.08. The maximum Gasteiger partial charge on any atom is 0.279 e. The smallest absolute Gasteiger partial charge is 0.279 e. The van der Waals surface area contributed by atoms with Crippen LogP contribution in [-0.2, 0) is 13.2 Å². The third-order valence-corrected chi connectivity index (χ3v) is 5.67. The van der Waals surface area contributed by atoms with E-state index in [0.717, 1.165) is 0 Å². The van der Waals surface area contributed by atoms with E-state index in [4.69, 9.17) is 32.5 Å². The van der Waals surface area contributed by atoms with Gasteiger partial charge in [0.25, 0.3) is 5.91 Å². The van der Waals surface area contributed by atoms with Gasteiger partial charge in [-0.25, -0.2) is 4.39 Å². The molecule has 0 bridgehead atoms. The minimum Gasteiger partial charge on any atom is -0.487 e. The van der Waals surface area contributed by atoms with Crippen molar-refractivity contribution in [1.82, 2.24) is 14.9 Å². The van der Waals surface area contributed by atoms with Crippen molar-refractivity contribution in [2.75, 3.05) is 5.32 Å². The number of amides is 1. The Labute approximate surface area is 199 Å². The zero-order valence-electron chi connectivity index (χ0n) is 17.7. The fourth-order valence-electron chi connectivity index (χ4n) is 3.19. The maximum absolute atomic E-state index is 14.1. The van der Waals surface area contributed by atoms with Crippen molar-refractivity contribution in [2.24, 2.45) is 0 Å². The van der Waals surface area contributed by atoms with Gasteiger partial charge in [-0.05, 0) is 38.1 Å². The molecular weight excluding hydrogens is 470 g/mol. The molecule has 4 rings (SSSR count). The van der Waals surface area contributed by atoms with Crippen LogP contribution in [0.2, 0.25) is 10.0 Å². The monoisotopic (exact) mass is 488 g/mol. The largest absolute Gasteiger partial charge is 0.487 e. The Hall–Kier alpha value is -3.36. The van der Waals surface area contributed by atoms with Gasteiger partial charge in [-0.2, -0.15) is 5.10 Å². The van der Waals surface area contributed by atoms with Gasteiger partial charge in [-0.15, -0.1) is 0 Å². The molecular formula is C23H19Cl2FN4O3. The molecule has 1 amide bonds. The lowest BCUT2D eigenvalue weighted by Crippen LogP contribution is -2.16. The molecule has 10 heteroatoms. The van der Waals surface area contributed by atoms with Gasteiger partial charge < -0.3 is 14.6 Å². The molecule has 33 heavy (non-hydrogen) atoms. The van der Waals surface area contributed by atoms with Gasteiger partial charge in [0, 0.05) is 22.3 Å². The minimum atomic E-state index is -0.516. The number of aromatic nitrogens is 3. The first-order valence-corrected chi connectivity index (χ1v) is 10.7. The molecule has 0 radical (unpaired) electrons. The number of hydrogen-bond donors (Lipinski definition) is 1. The first-order chi connectivity index (χ1) is 15.8. The molecule has 0 saturated carbocycles. The van der Waals surface area contributed by atoms with E-state index < -0.39 is 11.7 Å². The van der Waals surface area contributed by atoms with E-state index in [9.17, 15) is 9.18 Å². The second kappa shape index (κ2) is 9.64. The Balaban J connectivity index is 1.49. The Morgan fingerprint density at radius 2 is 1.88 bits per heavy atom. The summed E-state index contributed by atoms with van der Waals surface area (Å²) >= 11 is 12.2. The quantitative estimate of drug-likeness (QED) is 0.354. The summed E-state index contributed by atoms with van der Waals surface area (Å²) in [5, 5.41) is 11.7. The maximum atomic E-state index is 14.1. The highest BCUT2D eigenvalue weighted by Crippen LogP contribution is 2.26. The molecule has 0 atom stereocenters. The van der Waals surface area contributed by atoms with Gasteiger partial charge in [-0.3, -0.25) is 9.48 Å². The number of hydrogen-bond acceptors (Lipinski definition) is 5. The number of carbonyl (C=O) groups is 1. The summed E-state index contributed by atoms with van der Waals surface area (Å²) in [6, 6.07) is 13.2. The number of anilines is 1. The fraction of sp³-hybridized carbons (Fsp3) is 0.174. The highest BCUT2D eigenvalue weighted by atomic mass is 35.5. The number of halogens is 3. The summed E-state index contributed by atoms with van der Waals surface area (Å²) in [4.78, 5) is 12.9. The highest BCUT2D eigenvalue weighted by Gasteiger charge is 2.22. The number of benzene rings is 2. The van der Waals surface area contributed by atoms with Crippen molar-refractivity contribution in [3.8, 4) is 5.75 Å². The van der Waals surface area contributed by atoms with Gasteiger partial charge in [-0.1, -0.05) is 46.6 Å². The molecule has 0 aliphatic carbocycles. The average molecular weight is 489 g/mol. The first-order valence-electron chi connectivity index (χ1n) is 9.94. The van der Waals surface area contributed by atoms with Gasteiger partial charge in [0.05, 0.1) is 17.1 Å². The third kappa shape index (κ3) is 5.02. The molecule has 2 aromatic heterocycles. The van der Waals surface area contributed by atoms with Gasteiger partial charge in [0.1, 0.15) is 23.9 Å². The summed E-state index contributed by atoms with van der Waals surface area (Å²) in [5.74, 6) is 0.265. The lowest BCUT2D eigenvalue weighted by atomic mass is 10.2. The zero-order valence-corrected chi connectivity index (χ0v) is 19.2. The topological polar surface area (TPSA) is 82.2 Å². The van der Waals surface area contributed by atoms with Crippen LogP contribution < -0.4 is 10.1 Å². The summed E-state index contributed by atoms with van der Waals surface area (Å²) in [6.45, 7) is 3.64. The number of carbonyl (C=O) groups excluding carboxylic acids is 1. The molecule has 170 valence electrons. The molecule has 7 nitrogen and oxygen atoms in total. The van der Waals surface area contributed by atoms with Crippen molar-refractivity contribution >= 4 is 34.9 Å². The van der Waals surface area contributed by atoms with Crippen molar-refractivity contribution in [3.05, 3.63) is 92.7 Å². The zero-order chi connectivity index (χ0) is 23.5. The Morgan fingerprint density at radius 1 is 1.12 bits per heavy atom. The normalized spacial score (nSPS) is 10.9. The SMILES string of the molecule is Cc1onc(C(=O)Nc2cc(C)n(Cc3c(F)cccc3Cl)n2)c1COc1ccccc1Cl. The van der Waals surface area contributed by atoms with E-state index in [-0.39, 0.29) is 24.7 Å². The molecule has 1 N–H and O–H groups in total. The average Bonchev–Trinajstić information content (AvgIpc) is 3.32. The molecule has 0 saturated heterocycles. The van der Waals surface area contributed by atoms with Crippen LogP contribution in [0.15, 0.2) is 53.1 Å². The van der Waals surface area contributed by atoms with Crippen LogP contribution in [0.3, 0.4) is 0 Å². The standard InChI is InChI=1S/C23H19Cl2FN4O3/c1-13-10-21(28-30(13)11-15-17(24)7-5-8-19(15)26)27-23(31)22-16(14(2)33-29-22)12-32-20-9-4-3-6-18(20)25/h3-10H,11-12H2,1-2H3,(H,27,28,31). The van der Waals surface area contributed by atoms with Gasteiger partial charge in [0.2, 0.25) is 0 Å².